The highest BCUT2D eigenvalue weighted by Crippen LogP contribution is 2.67. The molecule has 12 aromatic rings. The molecule has 0 radical (unpaired) electrons. The van der Waals surface area contributed by atoms with Crippen molar-refractivity contribution < 1.29 is 0 Å². The van der Waals surface area contributed by atoms with Gasteiger partial charge in [0.05, 0.1) is 10.8 Å². The quantitative estimate of drug-likeness (QED) is 0.165. The summed E-state index contributed by atoms with van der Waals surface area (Å²) in [4.78, 5) is 16.1. The summed E-state index contributed by atoms with van der Waals surface area (Å²) < 4.78 is 0. The van der Waals surface area contributed by atoms with Gasteiger partial charge in [-0.1, -0.05) is 243 Å². The molecule has 0 atom stereocenters. The second-order valence-electron chi connectivity index (χ2n) is 18.9. The fourth-order valence-corrected chi connectivity index (χ4v) is 13.0. The van der Waals surface area contributed by atoms with Crippen LogP contribution in [0.4, 0.5) is 0 Å². The Kier molecular flexibility index (Phi) is 8.20. The lowest BCUT2D eigenvalue weighted by molar-refractivity contribution is 0.633. The average molecular weight is 888 g/mol. The molecule has 0 amide bonds. The van der Waals surface area contributed by atoms with Crippen LogP contribution in [0.5, 0.6) is 0 Å². The second-order valence-corrected chi connectivity index (χ2v) is 18.9. The Bertz CT molecular complexity index is 3990. The fourth-order valence-electron chi connectivity index (χ4n) is 13.0. The molecule has 1 heterocycles. The smallest absolute Gasteiger partial charge is 0.165 e. The summed E-state index contributed by atoms with van der Waals surface area (Å²) >= 11 is 0. The molecular weight excluding hydrogens is 847 g/mol. The van der Waals surface area contributed by atoms with Crippen LogP contribution in [0.3, 0.4) is 0 Å². The number of fused-ring (bicyclic) bond motifs is 19. The summed E-state index contributed by atoms with van der Waals surface area (Å²) in [7, 11) is 0. The molecule has 0 bridgehead atoms. The normalized spacial score (nSPS) is 13.9. The molecule has 3 heteroatoms. The third-order valence-electron chi connectivity index (χ3n) is 15.6. The lowest BCUT2D eigenvalue weighted by Gasteiger charge is -2.49. The SMILES string of the molecule is c1ccc(-c2nc(-c3ccccc3)nc(-c3c(-c4ccc5c(c4)C4(c6ccccc6-c6ccccc64)c4ccccc4C54c5ccccc5-c5ccccc54)c4ccccc4c4ccccc34)n2)cc1. The zero-order valence-corrected chi connectivity index (χ0v) is 38.0. The second kappa shape index (κ2) is 14.7. The molecular formula is C67H41N3. The zero-order valence-electron chi connectivity index (χ0n) is 38.0. The van der Waals surface area contributed by atoms with Gasteiger partial charge in [-0.3, -0.25) is 0 Å². The summed E-state index contributed by atoms with van der Waals surface area (Å²) in [6.07, 6.45) is 0. The van der Waals surface area contributed by atoms with Gasteiger partial charge in [0.15, 0.2) is 17.5 Å². The van der Waals surface area contributed by atoms with Gasteiger partial charge < -0.3 is 0 Å². The Labute approximate surface area is 406 Å². The Balaban J connectivity index is 1.12. The number of benzene rings is 11. The molecule has 3 aliphatic carbocycles. The van der Waals surface area contributed by atoms with Crippen molar-refractivity contribution >= 4 is 21.5 Å². The molecule has 15 rings (SSSR count). The van der Waals surface area contributed by atoms with E-state index in [1.165, 1.54) is 72.1 Å². The highest BCUT2D eigenvalue weighted by molar-refractivity contribution is 6.21. The zero-order chi connectivity index (χ0) is 46.0. The first kappa shape index (κ1) is 39.0. The van der Waals surface area contributed by atoms with Crippen molar-refractivity contribution in [1.29, 1.82) is 0 Å². The average Bonchev–Trinajstić information content (AvgIpc) is 3.90. The summed E-state index contributed by atoms with van der Waals surface area (Å²) in [6, 6.07) is 91.5. The fraction of sp³-hybridized carbons (Fsp3) is 0.0299. The van der Waals surface area contributed by atoms with Gasteiger partial charge in [0.2, 0.25) is 0 Å². The maximum absolute atomic E-state index is 5.48. The van der Waals surface area contributed by atoms with Crippen LogP contribution in [0.25, 0.3) is 89.1 Å². The minimum absolute atomic E-state index is 0.590. The minimum Gasteiger partial charge on any atom is -0.208 e. The highest BCUT2D eigenvalue weighted by atomic mass is 15.0. The molecule has 3 aliphatic rings. The molecule has 0 unspecified atom stereocenters. The summed E-state index contributed by atoms with van der Waals surface area (Å²) in [5, 5.41) is 4.56. The van der Waals surface area contributed by atoms with E-state index in [1.807, 2.05) is 36.4 Å². The van der Waals surface area contributed by atoms with Crippen molar-refractivity contribution in [2.24, 2.45) is 0 Å². The van der Waals surface area contributed by atoms with E-state index in [9.17, 15) is 0 Å². The van der Waals surface area contributed by atoms with Gasteiger partial charge in [-0.25, -0.2) is 15.0 Å². The third-order valence-corrected chi connectivity index (χ3v) is 15.6. The number of hydrogen-bond acceptors (Lipinski definition) is 3. The first-order valence-corrected chi connectivity index (χ1v) is 24.2. The van der Waals surface area contributed by atoms with E-state index in [0.717, 1.165) is 44.0 Å². The van der Waals surface area contributed by atoms with E-state index in [1.54, 1.807) is 0 Å². The first-order valence-electron chi connectivity index (χ1n) is 24.2. The monoisotopic (exact) mass is 887 g/mol. The standard InChI is InChI=1S/C67H41N3/c1-3-21-42(22-4-1)63-68-64(43-23-5-2-6-24-43)70-65(69-63)62-52-32-10-8-26-46(52)45-25-7-9-31-51(45)61(62)44-39-40-59-60(41-44)67(55-35-17-13-29-49(55)50-30-14-18-36-56(50)67)58-38-20-19-37-57(58)66(59)53-33-15-11-27-47(53)48-28-12-16-34-54(48)66/h1-41H. The van der Waals surface area contributed by atoms with Crippen LogP contribution in [0.15, 0.2) is 249 Å². The molecule has 70 heavy (non-hydrogen) atoms. The van der Waals surface area contributed by atoms with Gasteiger partial charge in [0.1, 0.15) is 0 Å². The molecule has 0 aliphatic heterocycles. The molecule has 0 fully saturated rings. The summed E-state index contributed by atoms with van der Waals surface area (Å²) in [5.41, 5.74) is 19.4. The van der Waals surface area contributed by atoms with Gasteiger partial charge in [0.25, 0.3) is 0 Å². The van der Waals surface area contributed by atoms with E-state index in [-0.39, 0.29) is 0 Å². The third kappa shape index (κ3) is 5.10. The molecule has 0 N–H and O–H groups in total. The van der Waals surface area contributed by atoms with Crippen molar-refractivity contribution in [1.82, 2.24) is 15.0 Å². The summed E-state index contributed by atoms with van der Waals surface area (Å²) in [5.74, 6) is 1.90. The van der Waals surface area contributed by atoms with Crippen LogP contribution in [0.1, 0.15) is 44.5 Å². The van der Waals surface area contributed by atoms with Crippen molar-refractivity contribution in [3.8, 4) is 67.5 Å². The highest BCUT2D eigenvalue weighted by Gasteiger charge is 2.59. The van der Waals surface area contributed by atoms with Gasteiger partial charge in [-0.05, 0) is 99.9 Å². The maximum atomic E-state index is 5.48. The Morgan fingerprint density at radius 2 is 0.543 bits per heavy atom. The van der Waals surface area contributed by atoms with Gasteiger partial charge in [0, 0.05) is 22.3 Å². The molecule has 0 saturated carbocycles. The molecule has 324 valence electrons. The van der Waals surface area contributed by atoms with Crippen LogP contribution in [0.2, 0.25) is 0 Å². The van der Waals surface area contributed by atoms with Gasteiger partial charge >= 0.3 is 0 Å². The van der Waals surface area contributed by atoms with Gasteiger partial charge in [-0.2, -0.15) is 0 Å². The molecule has 11 aromatic carbocycles. The first-order chi connectivity index (χ1) is 34.7. The molecule has 2 spiro atoms. The van der Waals surface area contributed by atoms with Crippen LogP contribution in [-0.4, -0.2) is 15.0 Å². The van der Waals surface area contributed by atoms with Crippen LogP contribution >= 0.6 is 0 Å². The van der Waals surface area contributed by atoms with Crippen LogP contribution in [-0.2, 0) is 10.8 Å². The summed E-state index contributed by atoms with van der Waals surface area (Å²) in [6.45, 7) is 0. The topological polar surface area (TPSA) is 38.7 Å². The predicted octanol–water partition coefficient (Wildman–Crippen LogP) is 15.9. The van der Waals surface area contributed by atoms with E-state index < -0.39 is 10.8 Å². The van der Waals surface area contributed by atoms with Crippen LogP contribution in [0, 0.1) is 0 Å². The van der Waals surface area contributed by atoms with Crippen molar-refractivity contribution in [3.05, 3.63) is 293 Å². The minimum atomic E-state index is -0.645. The maximum Gasteiger partial charge on any atom is 0.165 e. The molecule has 3 nitrogen and oxygen atoms in total. The largest absolute Gasteiger partial charge is 0.208 e. The van der Waals surface area contributed by atoms with E-state index in [2.05, 4.69) is 212 Å². The van der Waals surface area contributed by atoms with Crippen molar-refractivity contribution in [2.75, 3.05) is 0 Å². The predicted molar refractivity (Wildman–Crippen MR) is 285 cm³/mol. The van der Waals surface area contributed by atoms with E-state index >= 15 is 0 Å². The number of nitrogens with zero attached hydrogens (tertiary/aromatic N) is 3. The number of rotatable bonds is 4. The van der Waals surface area contributed by atoms with Crippen molar-refractivity contribution in [2.45, 2.75) is 10.8 Å². The molecule has 1 aromatic heterocycles. The van der Waals surface area contributed by atoms with E-state index in [4.69, 9.17) is 15.0 Å². The number of aromatic nitrogens is 3. The van der Waals surface area contributed by atoms with Gasteiger partial charge in [-0.15, -0.1) is 0 Å². The van der Waals surface area contributed by atoms with Crippen LogP contribution < -0.4 is 0 Å². The molecule has 0 saturated heterocycles. The van der Waals surface area contributed by atoms with E-state index in [0.29, 0.717) is 17.5 Å². The Morgan fingerprint density at radius 1 is 0.214 bits per heavy atom. The number of hydrogen-bond donors (Lipinski definition) is 0. The van der Waals surface area contributed by atoms with Crippen molar-refractivity contribution in [3.63, 3.8) is 0 Å². The Morgan fingerprint density at radius 3 is 1.00 bits per heavy atom. The Hall–Kier alpha value is -9.05. The lowest BCUT2D eigenvalue weighted by Crippen LogP contribution is -2.43. The lowest BCUT2D eigenvalue weighted by atomic mass is 9.52.